The van der Waals surface area contributed by atoms with Gasteiger partial charge in [-0.25, -0.2) is 8.42 Å². The Labute approximate surface area is 156 Å². The second-order valence-corrected chi connectivity index (χ2v) is 7.24. The van der Waals surface area contributed by atoms with Gasteiger partial charge in [-0.1, -0.05) is 37.6 Å². The third-order valence-electron chi connectivity index (χ3n) is 3.52. The SMILES string of the molecule is CCCc1ccc(S(=O)(=O)NNC(=O)COc2ccccc2[N+](=O)[O-])cc1. The Bertz CT molecular complexity index is 913. The Morgan fingerprint density at radius 2 is 1.81 bits per heavy atom. The molecular weight excluding hydrogens is 374 g/mol. The summed E-state index contributed by atoms with van der Waals surface area (Å²) in [4.78, 5) is 24.0. The number of para-hydroxylation sites is 2. The van der Waals surface area contributed by atoms with Crippen molar-refractivity contribution in [2.24, 2.45) is 0 Å². The quantitative estimate of drug-likeness (QED) is 0.495. The number of sulfonamides is 1. The van der Waals surface area contributed by atoms with Crippen LogP contribution >= 0.6 is 0 Å². The fourth-order valence-corrected chi connectivity index (χ4v) is 3.08. The Morgan fingerprint density at radius 3 is 2.44 bits per heavy atom. The predicted molar refractivity (Wildman–Crippen MR) is 97.5 cm³/mol. The van der Waals surface area contributed by atoms with Gasteiger partial charge >= 0.3 is 5.69 Å². The number of nitrogens with one attached hydrogen (secondary N) is 2. The summed E-state index contributed by atoms with van der Waals surface area (Å²) < 4.78 is 29.4. The zero-order valence-electron chi connectivity index (χ0n) is 14.5. The van der Waals surface area contributed by atoms with Gasteiger partial charge in [-0.2, -0.15) is 0 Å². The van der Waals surface area contributed by atoms with Crippen LogP contribution in [-0.2, 0) is 21.2 Å². The van der Waals surface area contributed by atoms with Gasteiger partial charge in [0, 0.05) is 6.07 Å². The minimum absolute atomic E-state index is 0.00210. The van der Waals surface area contributed by atoms with Gasteiger partial charge in [-0.3, -0.25) is 20.3 Å². The number of aryl methyl sites for hydroxylation is 1. The maximum absolute atomic E-state index is 12.2. The summed E-state index contributed by atoms with van der Waals surface area (Å²) in [5.74, 6) is -0.897. The largest absolute Gasteiger partial charge is 0.477 e. The number of nitro benzene ring substituents is 1. The number of hydrogen-bond acceptors (Lipinski definition) is 6. The van der Waals surface area contributed by atoms with Gasteiger partial charge < -0.3 is 4.74 Å². The van der Waals surface area contributed by atoms with Crippen molar-refractivity contribution in [3.63, 3.8) is 0 Å². The van der Waals surface area contributed by atoms with E-state index in [2.05, 4.69) is 0 Å². The van der Waals surface area contributed by atoms with Crippen molar-refractivity contribution in [3.8, 4) is 5.75 Å². The highest BCUT2D eigenvalue weighted by Gasteiger charge is 2.17. The first-order valence-electron chi connectivity index (χ1n) is 8.09. The number of carbonyl (C=O) groups is 1. The number of amides is 1. The summed E-state index contributed by atoms with van der Waals surface area (Å²) in [6, 6.07) is 11.9. The van der Waals surface area contributed by atoms with Gasteiger partial charge in [0.1, 0.15) is 0 Å². The monoisotopic (exact) mass is 393 g/mol. The Hall–Kier alpha value is -2.98. The van der Waals surface area contributed by atoms with Gasteiger partial charge in [0.2, 0.25) is 0 Å². The Kier molecular flexibility index (Phi) is 6.85. The number of ether oxygens (including phenoxy) is 1. The molecule has 0 aliphatic heterocycles. The molecule has 10 heteroatoms. The van der Waals surface area contributed by atoms with Crippen molar-refractivity contribution in [3.05, 3.63) is 64.2 Å². The molecule has 1 amide bonds. The summed E-state index contributed by atoms with van der Waals surface area (Å²) in [7, 11) is -3.94. The lowest BCUT2D eigenvalue weighted by Crippen LogP contribution is -2.43. The van der Waals surface area contributed by atoms with Gasteiger partial charge in [-0.05, 0) is 30.2 Å². The zero-order chi connectivity index (χ0) is 19.9. The van der Waals surface area contributed by atoms with Crippen LogP contribution in [0.5, 0.6) is 5.75 Å². The van der Waals surface area contributed by atoms with Crippen LogP contribution in [0.2, 0.25) is 0 Å². The molecule has 0 aliphatic carbocycles. The van der Waals surface area contributed by atoms with Crippen LogP contribution in [0.1, 0.15) is 18.9 Å². The van der Waals surface area contributed by atoms with Crippen molar-refractivity contribution < 1.29 is 22.9 Å². The molecule has 144 valence electrons. The molecule has 0 radical (unpaired) electrons. The number of benzene rings is 2. The molecule has 27 heavy (non-hydrogen) atoms. The molecule has 0 aliphatic rings. The Morgan fingerprint density at radius 1 is 1.15 bits per heavy atom. The number of hydrazine groups is 1. The van der Waals surface area contributed by atoms with Crippen LogP contribution in [0.4, 0.5) is 5.69 Å². The molecule has 0 aromatic heterocycles. The van der Waals surface area contributed by atoms with Gasteiger partial charge in [0.05, 0.1) is 9.82 Å². The van der Waals surface area contributed by atoms with Crippen LogP contribution in [0, 0.1) is 10.1 Å². The number of nitrogens with zero attached hydrogens (tertiary/aromatic N) is 1. The van der Waals surface area contributed by atoms with Gasteiger partial charge in [0.15, 0.2) is 12.4 Å². The molecular formula is C17H19N3O6S. The molecule has 0 heterocycles. The Balaban J connectivity index is 1.92. The van der Waals surface area contributed by atoms with Gasteiger partial charge in [-0.15, -0.1) is 4.83 Å². The topological polar surface area (TPSA) is 128 Å². The smallest absolute Gasteiger partial charge is 0.310 e. The van der Waals surface area contributed by atoms with E-state index in [1.54, 1.807) is 12.1 Å². The van der Waals surface area contributed by atoms with Crippen molar-refractivity contribution in [2.75, 3.05) is 6.61 Å². The van der Waals surface area contributed by atoms with E-state index in [0.717, 1.165) is 18.4 Å². The molecule has 0 saturated heterocycles. The number of nitro groups is 1. The highest BCUT2D eigenvalue weighted by atomic mass is 32.2. The minimum atomic E-state index is -3.94. The molecule has 0 fully saturated rings. The van der Waals surface area contributed by atoms with E-state index in [1.807, 2.05) is 17.2 Å². The minimum Gasteiger partial charge on any atom is -0.477 e. The summed E-state index contributed by atoms with van der Waals surface area (Å²) in [6.45, 7) is 1.43. The fourth-order valence-electron chi connectivity index (χ4n) is 2.22. The van der Waals surface area contributed by atoms with Gasteiger partial charge in [0.25, 0.3) is 15.9 Å². The van der Waals surface area contributed by atoms with Crippen LogP contribution in [-0.4, -0.2) is 25.9 Å². The molecule has 2 aromatic rings. The molecule has 0 unspecified atom stereocenters. The van der Waals surface area contributed by atoms with Crippen LogP contribution in [0.3, 0.4) is 0 Å². The summed E-state index contributed by atoms with van der Waals surface area (Å²) in [5.41, 5.74) is 2.73. The number of hydrogen-bond donors (Lipinski definition) is 2. The first-order chi connectivity index (χ1) is 12.8. The lowest BCUT2D eigenvalue weighted by atomic mass is 10.1. The van der Waals surface area contributed by atoms with Crippen molar-refractivity contribution in [1.29, 1.82) is 0 Å². The summed E-state index contributed by atoms with van der Waals surface area (Å²) in [6.07, 6.45) is 1.79. The van der Waals surface area contributed by atoms with E-state index in [9.17, 15) is 23.3 Å². The first-order valence-corrected chi connectivity index (χ1v) is 9.57. The van der Waals surface area contributed by atoms with Crippen molar-refractivity contribution in [1.82, 2.24) is 10.3 Å². The molecule has 0 atom stereocenters. The summed E-state index contributed by atoms with van der Waals surface area (Å²) >= 11 is 0. The molecule has 2 aromatic carbocycles. The molecule has 0 saturated carbocycles. The van der Waals surface area contributed by atoms with Crippen LogP contribution < -0.4 is 15.0 Å². The first kappa shape index (κ1) is 20.3. The maximum Gasteiger partial charge on any atom is 0.310 e. The third kappa shape index (κ3) is 5.76. The summed E-state index contributed by atoms with van der Waals surface area (Å²) in [5, 5.41) is 10.9. The molecule has 0 spiro atoms. The number of carbonyl (C=O) groups excluding carboxylic acids is 1. The van der Waals surface area contributed by atoms with E-state index >= 15 is 0 Å². The van der Waals surface area contributed by atoms with E-state index in [0.29, 0.717) is 0 Å². The van der Waals surface area contributed by atoms with Crippen LogP contribution in [0.25, 0.3) is 0 Å². The lowest BCUT2D eigenvalue weighted by Gasteiger charge is -2.10. The standard InChI is InChI=1S/C17H19N3O6S/c1-2-5-13-8-10-14(11-9-13)27(24,25)19-18-17(21)12-26-16-7-4-3-6-15(16)20(22)23/h3-4,6-11,19H,2,5,12H2,1H3,(H,18,21). The number of rotatable bonds is 9. The maximum atomic E-state index is 12.2. The zero-order valence-corrected chi connectivity index (χ0v) is 15.4. The van der Waals surface area contributed by atoms with Crippen molar-refractivity contribution >= 4 is 21.6 Å². The normalized spacial score (nSPS) is 11.0. The highest BCUT2D eigenvalue weighted by Crippen LogP contribution is 2.25. The highest BCUT2D eigenvalue weighted by molar-refractivity contribution is 7.89. The second-order valence-electron chi connectivity index (χ2n) is 5.56. The van der Waals surface area contributed by atoms with Crippen molar-refractivity contribution in [2.45, 2.75) is 24.7 Å². The molecule has 9 nitrogen and oxygen atoms in total. The van der Waals surface area contributed by atoms with E-state index in [-0.39, 0.29) is 16.3 Å². The molecule has 2 rings (SSSR count). The van der Waals surface area contributed by atoms with Crippen LogP contribution in [0.15, 0.2) is 53.4 Å². The van der Waals surface area contributed by atoms with E-state index in [1.165, 1.54) is 36.4 Å². The average Bonchev–Trinajstić information content (AvgIpc) is 2.65. The second kappa shape index (κ2) is 9.10. The fraction of sp³-hybridized carbons (Fsp3) is 0.235. The van der Waals surface area contributed by atoms with E-state index in [4.69, 9.17) is 4.74 Å². The average molecular weight is 393 g/mol. The van der Waals surface area contributed by atoms with E-state index < -0.39 is 27.5 Å². The molecule has 0 bridgehead atoms. The predicted octanol–water partition coefficient (Wildman–Crippen LogP) is 1.94. The molecule has 2 N–H and O–H groups in total. The lowest BCUT2D eigenvalue weighted by molar-refractivity contribution is -0.385. The third-order valence-corrected chi connectivity index (χ3v) is 4.78.